The molecule has 0 unspecified atom stereocenters. The summed E-state index contributed by atoms with van der Waals surface area (Å²) in [5.41, 5.74) is 2.52. The number of halogens is 1. The minimum Gasteiger partial charge on any atom is -0.496 e. The van der Waals surface area contributed by atoms with Gasteiger partial charge in [-0.3, -0.25) is 0 Å². The zero-order chi connectivity index (χ0) is 8.97. The fourth-order valence-electron chi connectivity index (χ4n) is 0.970. The van der Waals surface area contributed by atoms with E-state index in [2.05, 4.69) is 0 Å². The molecule has 0 heterocycles. The largest absolute Gasteiger partial charge is 0.496 e. The van der Waals surface area contributed by atoms with Crippen molar-refractivity contribution >= 4 is 0 Å². The van der Waals surface area contributed by atoms with Crippen molar-refractivity contribution in [3.63, 3.8) is 0 Å². The molecule has 1 aromatic rings. The lowest BCUT2D eigenvalue weighted by atomic mass is 10.2. The highest BCUT2D eigenvalue weighted by molar-refractivity contribution is 5.33. The third-order valence-corrected chi connectivity index (χ3v) is 1.51. The van der Waals surface area contributed by atoms with Crippen LogP contribution in [0.5, 0.6) is 5.75 Å². The molecule has 0 aromatic heterocycles. The molecular formula is C8H10FNO2. The maximum Gasteiger partial charge on any atom is 0.123 e. The number of hydroxylamine groups is 1. The zero-order valence-corrected chi connectivity index (χ0v) is 6.67. The van der Waals surface area contributed by atoms with E-state index < -0.39 is 0 Å². The lowest BCUT2D eigenvalue weighted by molar-refractivity contribution is 0.160. The van der Waals surface area contributed by atoms with E-state index >= 15 is 0 Å². The number of methoxy groups -OCH3 is 1. The highest BCUT2D eigenvalue weighted by Gasteiger charge is 2.02. The van der Waals surface area contributed by atoms with Crippen molar-refractivity contribution in [3.8, 4) is 5.75 Å². The molecule has 0 radical (unpaired) electrons. The molecule has 3 nitrogen and oxygen atoms in total. The summed E-state index contributed by atoms with van der Waals surface area (Å²) >= 11 is 0. The first-order chi connectivity index (χ1) is 5.77. The smallest absolute Gasteiger partial charge is 0.123 e. The lowest BCUT2D eigenvalue weighted by Crippen LogP contribution is -2.07. The molecule has 0 saturated carbocycles. The Morgan fingerprint density at radius 1 is 1.58 bits per heavy atom. The number of rotatable bonds is 3. The van der Waals surface area contributed by atoms with Crippen molar-refractivity contribution < 1.29 is 14.3 Å². The monoisotopic (exact) mass is 171 g/mol. The predicted molar refractivity (Wildman–Crippen MR) is 41.6 cm³/mol. The van der Waals surface area contributed by atoms with Gasteiger partial charge < -0.3 is 9.94 Å². The molecule has 0 spiro atoms. The summed E-state index contributed by atoms with van der Waals surface area (Å²) in [6, 6.07) is 4.13. The Morgan fingerprint density at radius 2 is 2.33 bits per heavy atom. The summed E-state index contributed by atoms with van der Waals surface area (Å²) < 4.78 is 17.6. The van der Waals surface area contributed by atoms with Crippen LogP contribution in [0, 0.1) is 5.82 Å². The molecule has 2 N–H and O–H groups in total. The van der Waals surface area contributed by atoms with E-state index in [0.717, 1.165) is 0 Å². The standard InChI is InChI=1S/C8H10FNO2/c1-12-8-3-2-7(9)4-6(8)5-10-11/h2-4,10-11H,5H2,1H3. The maximum atomic E-state index is 12.6. The Morgan fingerprint density at radius 3 is 2.92 bits per heavy atom. The van der Waals surface area contributed by atoms with Crippen molar-refractivity contribution in [3.05, 3.63) is 29.6 Å². The Bertz CT molecular complexity index is 265. The third-order valence-electron chi connectivity index (χ3n) is 1.51. The molecule has 0 aliphatic carbocycles. The predicted octanol–water partition coefficient (Wildman–Crippen LogP) is 1.31. The van der Waals surface area contributed by atoms with Gasteiger partial charge in [-0.1, -0.05) is 0 Å². The van der Waals surface area contributed by atoms with Crippen molar-refractivity contribution in [2.24, 2.45) is 0 Å². The maximum absolute atomic E-state index is 12.6. The highest BCUT2D eigenvalue weighted by atomic mass is 19.1. The fraction of sp³-hybridized carbons (Fsp3) is 0.250. The van der Waals surface area contributed by atoms with Crippen LogP contribution in [-0.4, -0.2) is 12.3 Å². The fourth-order valence-corrected chi connectivity index (χ4v) is 0.970. The van der Waals surface area contributed by atoms with Crippen LogP contribution in [0.3, 0.4) is 0 Å². The average Bonchev–Trinajstić information content (AvgIpc) is 2.05. The van der Waals surface area contributed by atoms with Crippen LogP contribution in [-0.2, 0) is 6.54 Å². The molecule has 0 atom stereocenters. The van der Waals surface area contributed by atoms with Crippen LogP contribution >= 0.6 is 0 Å². The molecule has 0 fully saturated rings. The summed E-state index contributed by atoms with van der Waals surface area (Å²) in [5.74, 6) is 0.207. The number of hydrogen-bond acceptors (Lipinski definition) is 3. The van der Waals surface area contributed by atoms with E-state index in [9.17, 15) is 4.39 Å². The first-order valence-electron chi connectivity index (χ1n) is 3.47. The van der Waals surface area contributed by atoms with E-state index in [1.807, 2.05) is 5.48 Å². The number of ether oxygens (including phenoxy) is 1. The Kier molecular flexibility index (Phi) is 3.01. The van der Waals surface area contributed by atoms with E-state index in [-0.39, 0.29) is 12.4 Å². The summed E-state index contributed by atoms with van der Waals surface area (Å²) in [7, 11) is 1.49. The van der Waals surface area contributed by atoms with Gasteiger partial charge in [-0.25, -0.2) is 9.87 Å². The topological polar surface area (TPSA) is 41.5 Å². The molecule has 0 saturated heterocycles. The number of benzene rings is 1. The van der Waals surface area contributed by atoms with Gasteiger partial charge in [-0.2, -0.15) is 0 Å². The molecule has 0 amide bonds. The molecule has 0 aliphatic rings. The molecule has 66 valence electrons. The summed E-state index contributed by atoms with van der Waals surface area (Å²) in [5, 5.41) is 8.40. The zero-order valence-electron chi connectivity index (χ0n) is 6.67. The van der Waals surface area contributed by atoms with Gasteiger partial charge in [0.05, 0.1) is 7.11 Å². The normalized spacial score (nSPS) is 9.92. The Balaban J connectivity index is 2.95. The number of nitrogens with one attached hydrogen (secondary N) is 1. The Labute approximate surface area is 69.7 Å². The van der Waals surface area contributed by atoms with Gasteiger partial charge in [0.25, 0.3) is 0 Å². The van der Waals surface area contributed by atoms with Crippen molar-refractivity contribution in [2.45, 2.75) is 6.54 Å². The van der Waals surface area contributed by atoms with Gasteiger partial charge in [-0.05, 0) is 18.2 Å². The van der Waals surface area contributed by atoms with Gasteiger partial charge in [0.1, 0.15) is 11.6 Å². The number of hydrogen-bond donors (Lipinski definition) is 2. The summed E-state index contributed by atoms with van der Waals surface area (Å²) in [6.45, 7) is 0.168. The second kappa shape index (κ2) is 4.04. The second-order valence-electron chi connectivity index (χ2n) is 2.29. The molecule has 0 aliphatic heterocycles. The van der Waals surface area contributed by atoms with Gasteiger partial charge in [0, 0.05) is 12.1 Å². The minimum atomic E-state index is -0.346. The molecule has 0 bridgehead atoms. The third kappa shape index (κ3) is 1.93. The quantitative estimate of drug-likeness (QED) is 0.674. The van der Waals surface area contributed by atoms with Crippen molar-refractivity contribution in [2.75, 3.05) is 7.11 Å². The summed E-state index contributed by atoms with van der Waals surface area (Å²) in [6.07, 6.45) is 0. The van der Waals surface area contributed by atoms with Crippen LogP contribution in [0.4, 0.5) is 4.39 Å². The average molecular weight is 171 g/mol. The molecule has 12 heavy (non-hydrogen) atoms. The highest BCUT2D eigenvalue weighted by Crippen LogP contribution is 2.18. The minimum absolute atomic E-state index is 0.168. The van der Waals surface area contributed by atoms with Gasteiger partial charge in [0.15, 0.2) is 0 Å². The SMILES string of the molecule is COc1ccc(F)cc1CNO. The van der Waals surface area contributed by atoms with E-state index in [0.29, 0.717) is 11.3 Å². The molecular weight excluding hydrogens is 161 g/mol. The van der Waals surface area contributed by atoms with Gasteiger partial charge >= 0.3 is 0 Å². The van der Waals surface area contributed by atoms with E-state index in [1.165, 1.54) is 25.3 Å². The van der Waals surface area contributed by atoms with Crippen LogP contribution in [0.15, 0.2) is 18.2 Å². The molecule has 4 heteroatoms. The summed E-state index contributed by atoms with van der Waals surface area (Å²) in [4.78, 5) is 0. The van der Waals surface area contributed by atoms with E-state index in [4.69, 9.17) is 9.94 Å². The molecule has 1 aromatic carbocycles. The Hall–Kier alpha value is -1.13. The second-order valence-corrected chi connectivity index (χ2v) is 2.29. The first kappa shape index (κ1) is 8.96. The van der Waals surface area contributed by atoms with Crippen LogP contribution in [0.2, 0.25) is 0 Å². The van der Waals surface area contributed by atoms with Gasteiger partial charge in [0.2, 0.25) is 0 Å². The first-order valence-corrected chi connectivity index (χ1v) is 3.47. The van der Waals surface area contributed by atoms with Crippen LogP contribution < -0.4 is 10.2 Å². The van der Waals surface area contributed by atoms with Gasteiger partial charge in [-0.15, -0.1) is 0 Å². The molecule has 1 rings (SSSR count). The van der Waals surface area contributed by atoms with Crippen molar-refractivity contribution in [1.82, 2.24) is 5.48 Å². The van der Waals surface area contributed by atoms with Crippen molar-refractivity contribution in [1.29, 1.82) is 0 Å². The van der Waals surface area contributed by atoms with E-state index in [1.54, 1.807) is 0 Å². The van der Waals surface area contributed by atoms with Crippen LogP contribution in [0.1, 0.15) is 5.56 Å². The van der Waals surface area contributed by atoms with Crippen LogP contribution in [0.25, 0.3) is 0 Å². The lowest BCUT2D eigenvalue weighted by Gasteiger charge is -2.06.